The van der Waals surface area contributed by atoms with Crippen molar-refractivity contribution >= 4 is 17.5 Å². The number of ether oxygens (including phenoxy) is 1. The number of hydrogen-bond donors (Lipinski definition) is 2. The van der Waals surface area contributed by atoms with Crippen LogP contribution in [0.4, 0.5) is 0 Å². The van der Waals surface area contributed by atoms with Crippen LogP contribution in [0.1, 0.15) is 10.4 Å². The summed E-state index contributed by atoms with van der Waals surface area (Å²) in [5.74, 6) is 0.334. The standard InChI is InChI=1S/C11H15ClN2O2/c1-13-5-6-14-11(15)9-7-8(12)3-4-10(9)16-2/h3-4,7,13H,5-6H2,1-2H3,(H,14,15). The highest BCUT2D eigenvalue weighted by atomic mass is 35.5. The summed E-state index contributed by atoms with van der Waals surface area (Å²) < 4.78 is 5.09. The van der Waals surface area contributed by atoms with E-state index < -0.39 is 0 Å². The first-order chi connectivity index (χ1) is 7.69. The minimum Gasteiger partial charge on any atom is -0.496 e. The summed E-state index contributed by atoms with van der Waals surface area (Å²) >= 11 is 5.83. The summed E-state index contributed by atoms with van der Waals surface area (Å²) in [5, 5.41) is 6.22. The summed E-state index contributed by atoms with van der Waals surface area (Å²) in [5.41, 5.74) is 0.450. The molecule has 2 N–H and O–H groups in total. The van der Waals surface area contributed by atoms with Crippen molar-refractivity contribution in [2.45, 2.75) is 0 Å². The number of rotatable bonds is 5. The van der Waals surface area contributed by atoms with Gasteiger partial charge in [0, 0.05) is 18.1 Å². The van der Waals surface area contributed by atoms with E-state index in [0.29, 0.717) is 29.4 Å². The Bertz CT molecular complexity index is 369. The molecule has 1 rings (SSSR count). The zero-order valence-corrected chi connectivity index (χ0v) is 10.1. The van der Waals surface area contributed by atoms with Crippen LogP contribution >= 0.6 is 11.6 Å². The number of benzene rings is 1. The molecule has 0 fully saturated rings. The smallest absolute Gasteiger partial charge is 0.255 e. The number of likely N-dealkylation sites (N-methyl/N-ethyl adjacent to an activating group) is 1. The average molecular weight is 243 g/mol. The molecule has 0 saturated heterocycles. The summed E-state index contributed by atoms with van der Waals surface area (Å²) in [6.07, 6.45) is 0. The molecule has 0 radical (unpaired) electrons. The van der Waals surface area contributed by atoms with E-state index in [9.17, 15) is 4.79 Å². The molecule has 0 aromatic heterocycles. The zero-order valence-electron chi connectivity index (χ0n) is 9.34. The van der Waals surface area contributed by atoms with E-state index in [4.69, 9.17) is 16.3 Å². The molecule has 0 heterocycles. The number of hydrogen-bond acceptors (Lipinski definition) is 3. The molecule has 5 heteroatoms. The van der Waals surface area contributed by atoms with Crippen molar-refractivity contribution in [3.8, 4) is 5.75 Å². The van der Waals surface area contributed by atoms with E-state index in [1.54, 1.807) is 18.2 Å². The number of halogens is 1. The van der Waals surface area contributed by atoms with Crippen LogP contribution in [-0.2, 0) is 0 Å². The maximum Gasteiger partial charge on any atom is 0.255 e. The lowest BCUT2D eigenvalue weighted by atomic mass is 10.2. The van der Waals surface area contributed by atoms with Crippen LogP contribution < -0.4 is 15.4 Å². The van der Waals surface area contributed by atoms with Crippen LogP contribution in [0.15, 0.2) is 18.2 Å². The third-order valence-corrected chi connectivity index (χ3v) is 2.30. The Balaban J connectivity index is 2.76. The molecule has 88 valence electrons. The van der Waals surface area contributed by atoms with Gasteiger partial charge in [0.1, 0.15) is 5.75 Å². The van der Waals surface area contributed by atoms with Gasteiger partial charge in [0.2, 0.25) is 0 Å². The number of carbonyl (C=O) groups is 1. The van der Waals surface area contributed by atoms with Crippen molar-refractivity contribution in [1.82, 2.24) is 10.6 Å². The van der Waals surface area contributed by atoms with Crippen LogP contribution in [0.25, 0.3) is 0 Å². The van der Waals surface area contributed by atoms with Gasteiger partial charge in [0.05, 0.1) is 12.7 Å². The van der Waals surface area contributed by atoms with Gasteiger partial charge in [0.15, 0.2) is 0 Å². The van der Waals surface area contributed by atoms with Crippen molar-refractivity contribution in [2.24, 2.45) is 0 Å². The fraction of sp³-hybridized carbons (Fsp3) is 0.364. The number of nitrogens with one attached hydrogen (secondary N) is 2. The molecule has 16 heavy (non-hydrogen) atoms. The van der Waals surface area contributed by atoms with Gasteiger partial charge in [-0.1, -0.05) is 11.6 Å². The lowest BCUT2D eigenvalue weighted by Gasteiger charge is -2.09. The molecule has 0 aliphatic heterocycles. The van der Waals surface area contributed by atoms with Gasteiger partial charge in [0.25, 0.3) is 5.91 Å². The maximum atomic E-state index is 11.8. The SMILES string of the molecule is CNCCNC(=O)c1cc(Cl)ccc1OC. The molecule has 0 saturated carbocycles. The van der Waals surface area contributed by atoms with Gasteiger partial charge in [-0.05, 0) is 25.2 Å². The molecule has 0 aliphatic rings. The van der Waals surface area contributed by atoms with E-state index >= 15 is 0 Å². The Morgan fingerprint density at radius 2 is 2.19 bits per heavy atom. The summed E-state index contributed by atoms with van der Waals surface area (Å²) in [4.78, 5) is 11.8. The van der Waals surface area contributed by atoms with Crippen molar-refractivity contribution in [1.29, 1.82) is 0 Å². The lowest BCUT2D eigenvalue weighted by Crippen LogP contribution is -2.30. The molecule has 0 atom stereocenters. The first kappa shape index (κ1) is 12.8. The molecule has 4 nitrogen and oxygen atoms in total. The minimum atomic E-state index is -0.186. The van der Waals surface area contributed by atoms with Crippen molar-refractivity contribution in [2.75, 3.05) is 27.2 Å². The van der Waals surface area contributed by atoms with Gasteiger partial charge in [-0.25, -0.2) is 0 Å². The lowest BCUT2D eigenvalue weighted by molar-refractivity contribution is 0.0951. The van der Waals surface area contributed by atoms with E-state index in [-0.39, 0.29) is 5.91 Å². The van der Waals surface area contributed by atoms with Crippen LogP contribution in [-0.4, -0.2) is 33.2 Å². The van der Waals surface area contributed by atoms with Gasteiger partial charge >= 0.3 is 0 Å². The van der Waals surface area contributed by atoms with Crippen LogP contribution in [0.5, 0.6) is 5.75 Å². The van der Waals surface area contributed by atoms with Gasteiger partial charge in [-0.2, -0.15) is 0 Å². The van der Waals surface area contributed by atoms with E-state index in [1.165, 1.54) is 7.11 Å². The molecule has 0 bridgehead atoms. The first-order valence-corrected chi connectivity index (χ1v) is 5.33. The molecular formula is C11H15ClN2O2. The molecular weight excluding hydrogens is 228 g/mol. The maximum absolute atomic E-state index is 11.8. The van der Waals surface area contributed by atoms with Crippen LogP contribution in [0.3, 0.4) is 0 Å². The Kier molecular flexibility index (Phi) is 5.08. The predicted octanol–water partition coefficient (Wildman–Crippen LogP) is 1.30. The van der Waals surface area contributed by atoms with Gasteiger partial charge in [-0.3, -0.25) is 4.79 Å². The first-order valence-electron chi connectivity index (χ1n) is 4.95. The Morgan fingerprint density at radius 1 is 1.44 bits per heavy atom. The summed E-state index contributed by atoms with van der Waals surface area (Å²) in [7, 11) is 3.35. The molecule has 1 aromatic rings. The average Bonchev–Trinajstić information content (AvgIpc) is 2.29. The number of methoxy groups -OCH3 is 1. The largest absolute Gasteiger partial charge is 0.496 e. The molecule has 0 spiro atoms. The normalized spacial score (nSPS) is 9.94. The fourth-order valence-electron chi connectivity index (χ4n) is 1.25. The fourth-order valence-corrected chi connectivity index (χ4v) is 1.43. The highest BCUT2D eigenvalue weighted by Gasteiger charge is 2.11. The quantitative estimate of drug-likeness (QED) is 0.766. The topological polar surface area (TPSA) is 50.4 Å². The van der Waals surface area contributed by atoms with E-state index in [1.807, 2.05) is 7.05 Å². The van der Waals surface area contributed by atoms with Crippen LogP contribution in [0, 0.1) is 0 Å². The van der Waals surface area contributed by atoms with Crippen molar-refractivity contribution in [3.63, 3.8) is 0 Å². The highest BCUT2D eigenvalue weighted by molar-refractivity contribution is 6.31. The van der Waals surface area contributed by atoms with Gasteiger partial charge in [-0.15, -0.1) is 0 Å². The molecule has 0 unspecified atom stereocenters. The van der Waals surface area contributed by atoms with Crippen molar-refractivity contribution in [3.05, 3.63) is 28.8 Å². The van der Waals surface area contributed by atoms with Gasteiger partial charge < -0.3 is 15.4 Å². The van der Waals surface area contributed by atoms with E-state index in [0.717, 1.165) is 0 Å². The Hall–Kier alpha value is -1.26. The zero-order chi connectivity index (χ0) is 12.0. The second kappa shape index (κ2) is 6.35. The molecule has 0 aliphatic carbocycles. The van der Waals surface area contributed by atoms with E-state index in [2.05, 4.69) is 10.6 Å². The Morgan fingerprint density at radius 3 is 2.81 bits per heavy atom. The Labute approximate surface area is 99.9 Å². The summed E-state index contributed by atoms with van der Waals surface area (Å²) in [6.45, 7) is 1.28. The van der Waals surface area contributed by atoms with Crippen molar-refractivity contribution < 1.29 is 9.53 Å². The minimum absolute atomic E-state index is 0.186. The number of carbonyl (C=O) groups excluding carboxylic acids is 1. The third kappa shape index (κ3) is 3.40. The molecule has 1 amide bonds. The second-order valence-corrected chi connectivity index (χ2v) is 3.64. The monoisotopic (exact) mass is 242 g/mol. The highest BCUT2D eigenvalue weighted by Crippen LogP contribution is 2.22. The number of amides is 1. The summed E-state index contributed by atoms with van der Waals surface area (Å²) in [6, 6.07) is 4.95. The van der Waals surface area contributed by atoms with Crippen LogP contribution in [0.2, 0.25) is 5.02 Å². The second-order valence-electron chi connectivity index (χ2n) is 3.20. The predicted molar refractivity (Wildman–Crippen MR) is 64.3 cm³/mol. The molecule has 1 aromatic carbocycles. The third-order valence-electron chi connectivity index (χ3n) is 2.07.